The number of hydrogen-bond donors (Lipinski definition) is 1. The molecule has 1 N–H and O–H groups in total. The molecule has 1 aromatic heterocycles. The van der Waals surface area contributed by atoms with Gasteiger partial charge in [0.2, 0.25) is 0 Å². The number of benzene rings is 2. The Hall–Kier alpha value is -3.01. The number of carbonyl (C=O) groups excluding carboxylic acids is 1. The summed E-state index contributed by atoms with van der Waals surface area (Å²) in [4.78, 5) is 12.1. The van der Waals surface area contributed by atoms with E-state index in [-0.39, 0.29) is 5.91 Å². The maximum Gasteiger partial charge on any atom is 0.260 e. The number of rotatable bonds is 7. The third kappa shape index (κ3) is 4.73. The third-order valence-electron chi connectivity index (χ3n) is 3.89. The molecule has 0 spiro atoms. The molecule has 0 bridgehead atoms. The van der Waals surface area contributed by atoms with Gasteiger partial charge in [-0.25, -0.2) is 0 Å². The Morgan fingerprint density at radius 1 is 1.00 bits per heavy atom. The molecule has 0 aliphatic heterocycles. The minimum atomic E-state index is -0.556. The normalized spacial score (nSPS) is 11.7. The van der Waals surface area contributed by atoms with Crippen LogP contribution >= 0.6 is 0 Å². The first-order valence-electron chi connectivity index (χ1n) is 8.34. The van der Waals surface area contributed by atoms with Crippen LogP contribution in [0.15, 0.2) is 77.4 Å². The van der Waals surface area contributed by atoms with Gasteiger partial charge in [0.15, 0.2) is 6.10 Å². The highest BCUT2D eigenvalue weighted by atomic mass is 16.5. The molecule has 1 atom stereocenters. The van der Waals surface area contributed by atoms with Gasteiger partial charge in [-0.2, -0.15) is 0 Å². The second-order valence-corrected chi connectivity index (χ2v) is 5.77. The highest BCUT2D eigenvalue weighted by Crippen LogP contribution is 2.22. The second-order valence-electron chi connectivity index (χ2n) is 5.77. The van der Waals surface area contributed by atoms with Gasteiger partial charge in [-0.3, -0.25) is 4.79 Å². The Morgan fingerprint density at radius 2 is 1.72 bits per heavy atom. The molecule has 4 nitrogen and oxygen atoms in total. The van der Waals surface area contributed by atoms with Crippen molar-refractivity contribution in [2.45, 2.75) is 19.4 Å². The number of carbonyl (C=O) groups is 1. The molecule has 3 rings (SSSR count). The second kappa shape index (κ2) is 8.20. The molecule has 128 valence electrons. The van der Waals surface area contributed by atoms with Gasteiger partial charge in [-0.1, -0.05) is 42.5 Å². The Bertz CT molecular complexity index is 780. The van der Waals surface area contributed by atoms with Crippen LogP contribution in [0.4, 0.5) is 0 Å². The zero-order valence-electron chi connectivity index (χ0n) is 14.1. The fourth-order valence-electron chi connectivity index (χ4n) is 2.52. The molecule has 0 fully saturated rings. The van der Waals surface area contributed by atoms with E-state index in [9.17, 15) is 4.79 Å². The van der Waals surface area contributed by atoms with Crippen LogP contribution in [0.25, 0.3) is 11.1 Å². The quantitative estimate of drug-likeness (QED) is 0.708. The summed E-state index contributed by atoms with van der Waals surface area (Å²) < 4.78 is 11.0. The first-order chi connectivity index (χ1) is 12.2. The van der Waals surface area contributed by atoms with E-state index in [0.29, 0.717) is 18.7 Å². The SMILES string of the molecule is CC(Oc1ccc(-c2ccccc2)cc1)C(=O)NCCc1ccco1. The number of hydrogen-bond acceptors (Lipinski definition) is 3. The molecule has 1 unspecified atom stereocenters. The molecule has 0 saturated heterocycles. The molecule has 1 amide bonds. The molecule has 0 aliphatic carbocycles. The monoisotopic (exact) mass is 335 g/mol. The van der Waals surface area contributed by atoms with Crippen LogP contribution in [0.3, 0.4) is 0 Å². The third-order valence-corrected chi connectivity index (χ3v) is 3.89. The fourth-order valence-corrected chi connectivity index (χ4v) is 2.52. The predicted octanol–water partition coefficient (Wildman–Crippen LogP) is 4.07. The number of amides is 1. The van der Waals surface area contributed by atoms with Crippen molar-refractivity contribution < 1.29 is 13.9 Å². The molecule has 25 heavy (non-hydrogen) atoms. The van der Waals surface area contributed by atoms with Gasteiger partial charge in [-0.05, 0) is 42.3 Å². The number of furan rings is 1. The van der Waals surface area contributed by atoms with Crippen molar-refractivity contribution in [3.63, 3.8) is 0 Å². The first-order valence-corrected chi connectivity index (χ1v) is 8.34. The van der Waals surface area contributed by atoms with E-state index >= 15 is 0 Å². The fraction of sp³-hybridized carbons (Fsp3) is 0.190. The summed E-state index contributed by atoms with van der Waals surface area (Å²) in [5, 5.41) is 2.85. The lowest BCUT2D eigenvalue weighted by Crippen LogP contribution is -2.37. The van der Waals surface area contributed by atoms with Crippen LogP contribution < -0.4 is 10.1 Å². The largest absolute Gasteiger partial charge is 0.481 e. The highest BCUT2D eigenvalue weighted by Gasteiger charge is 2.14. The molecular formula is C21H21NO3. The van der Waals surface area contributed by atoms with E-state index < -0.39 is 6.10 Å². The predicted molar refractivity (Wildman–Crippen MR) is 97.4 cm³/mol. The van der Waals surface area contributed by atoms with Crippen molar-refractivity contribution in [1.29, 1.82) is 0 Å². The minimum Gasteiger partial charge on any atom is -0.481 e. The van der Waals surface area contributed by atoms with Crippen LogP contribution in [-0.2, 0) is 11.2 Å². The lowest BCUT2D eigenvalue weighted by atomic mass is 10.1. The van der Waals surface area contributed by atoms with E-state index in [4.69, 9.17) is 9.15 Å². The maximum atomic E-state index is 12.1. The Balaban J connectivity index is 1.50. The zero-order chi connectivity index (χ0) is 17.5. The van der Waals surface area contributed by atoms with Gasteiger partial charge in [0, 0.05) is 13.0 Å². The standard InChI is InChI=1S/C21H21NO3/c1-16(21(23)22-14-13-19-8-5-15-24-19)25-20-11-9-18(10-12-20)17-6-3-2-4-7-17/h2-12,15-16H,13-14H2,1H3,(H,22,23). The average molecular weight is 335 g/mol. The number of ether oxygens (including phenoxy) is 1. The zero-order valence-corrected chi connectivity index (χ0v) is 14.1. The Morgan fingerprint density at radius 3 is 2.40 bits per heavy atom. The van der Waals surface area contributed by atoms with Crippen molar-refractivity contribution in [3.05, 3.63) is 78.8 Å². The van der Waals surface area contributed by atoms with E-state index in [1.165, 1.54) is 0 Å². The van der Waals surface area contributed by atoms with Gasteiger partial charge >= 0.3 is 0 Å². The number of nitrogens with one attached hydrogen (secondary N) is 1. The summed E-state index contributed by atoms with van der Waals surface area (Å²) in [6.07, 6.45) is 1.73. The molecule has 4 heteroatoms. The smallest absolute Gasteiger partial charge is 0.260 e. The Kier molecular flexibility index (Phi) is 5.52. The molecular weight excluding hydrogens is 314 g/mol. The summed E-state index contributed by atoms with van der Waals surface area (Å²) in [5.74, 6) is 1.39. The minimum absolute atomic E-state index is 0.140. The van der Waals surface area contributed by atoms with Gasteiger partial charge in [0.25, 0.3) is 5.91 Å². The van der Waals surface area contributed by atoms with Gasteiger partial charge in [0.1, 0.15) is 11.5 Å². The summed E-state index contributed by atoms with van der Waals surface area (Å²) >= 11 is 0. The van der Waals surface area contributed by atoms with Gasteiger partial charge < -0.3 is 14.5 Å². The van der Waals surface area contributed by atoms with E-state index in [0.717, 1.165) is 16.9 Å². The molecule has 2 aromatic carbocycles. The van der Waals surface area contributed by atoms with Crippen molar-refractivity contribution in [3.8, 4) is 16.9 Å². The summed E-state index contributed by atoms with van der Waals surface area (Å²) in [5.41, 5.74) is 2.27. The highest BCUT2D eigenvalue weighted by molar-refractivity contribution is 5.80. The van der Waals surface area contributed by atoms with Crippen LogP contribution in [0.1, 0.15) is 12.7 Å². The van der Waals surface area contributed by atoms with Crippen molar-refractivity contribution >= 4 is 5.91 Å². The van der Waals surface area contributed by atoms with Gasteiger partial charge in [-0.15, -0.1) is 0 Å². The van der Waals surface area contributed by atoms with E-state index in [1.807, 2.05) is 54.6 Å². The van der Waals surface area contributed by atoms with Crippen LogP contribution in [-0.4, -0.2) is 18.6 Å². The topological polar surface area (TPSA) is 51.5 Å². The van der Waals surface area contributed by atoms with E-state index in [1.54, 1.807) is 13.2 Å². The first kappa shape index (κ1) is 16.8. The summed E-state index contributed by atoms with van der Waals surface area (Å²) in [6.45, 7) is 2.26. The maximum absolute atomic E-state index is 12.1. The van der Waals surface area contributed by atoms with Crippen molar-refractivity contribution in [2.24, 2.45) is 0 Å². The molecule has 0 radical (unpaired) electrons. The van der Waals surface area contributed by atoms with Crippen LogP contribution in [0.5, 0.6) is 5.75 Å². The van der Waals surface area contributed by atoms with E-state index in [2.05, 4.69) is 17.4 Å². The Labute approximate surface area is 147 Å². The van der Waals surface area contributed by atoms with Gasteiger partial charge in [0.05, 0.1) is 6.26 Å². The summed E-state index contributed by atoms with van der Waals surface area (Å²) in [6, 6.07) is 21.6. The van der Waals surface area contributed by atoms with Crippen LogP contribution in [0.2, 0.25) is 0 Å². The summed E-state index contributed by atoms with van der Waals surface area (Å²) in [7, 11) is 0. The lowest BCUT2D eigenvalue weighted by molar-refractivity contribution is -0.127. The van der Waals surface area contributed by atoms with Crippen molar-refractivity contribution in [1.82, 2.24) is 5.32 Å². The van der Waals surface area contributed by atoms with Crippen LogP contribution in [0, 0.1) is 0 Å². The van der Waals surface area contributed by atoms with Crippen molar-refractivity contribution in [2.75, 3.05) is 6.54 Å². The average Bonchev–Trinajstić information content (AvgIpc) is 3.16. The molecule has 1 heterocycles. The molecule has 3 aromatic rings. The lowest BCUT2D eigenvalue weighted by Gasteiger charge is -2.15. The molecule has 0 aliphatic rings. The molecule has 0 saturated carbocycles.